The van der Waals surface area contributed by atoms with Crippen LogP contribution in [-0.4, -0.2) is 33.2 Å². The lowest BCUT2D eigenvalue weighted by atomic mass is 10.0. The summed E-state index contributed by atoms with van der Waals surface area (Å²) in [5, 5.41) is 10.3. The van der Waals surface area contributed by atoms with Gasteiger partial charge in [-0.25, -0.2) is 4.98 Å². The van der Waals surface area contributed by atoms with Crippen LogP contribution in [0.4, 0.5) is 5.69 Å². The van der Waals surface area contributed by atoms with Gasteiger partial charge in [0.2, 0.25) is 0 Å². The predicted octanol–water partition coefficient (Wildman–Crippen LogP) is 2.01. The second-order valence-corrected chi connectivity index (χ2v) is 6.60. The van der Waals surface area contributed by atoms with Crippen molar-refractivity contribution in [3.05, 3.63) is 58.6 Å². The van der Waals surface area contributed by atoms with Crippen LogP contribution < -0.4 is 10.5 Å². The molecule has 0 bridgehead atoms. The number of hydrogen-bond donors (Lipinski definition) is 1. The van der Waals surface area contributed by atoms with E-state index >= 15 is 0 Å². The van der Waals surface area contributed by atoms with Crippen molar-refractivity contribution < 1.29 is 9.90 Å². The van der Waals surface area contributed by atoms with Crippen molar-refractivity contribution in [3.8, 4) is 11.1 Å². The highest BCUT2D eigenvalue weighted by molar-refractivity contribution is 5.99. The van der Waals surface area contributed by atoms with Crippen molar-refractivity contribution in [3.63, 3.8) is 0 Å². The molecular weight excluding hydrogens is 330 g/mol. The maximum absolute atomic E-state index is 12.3. The first kappa shape index (κ1) is 16.5. The Kier molecular flexibility index (Phi) is 3.85. The lowest BCUT2D eigenvalue weighted by Crippen LogP contribution is -2.28. The second kappa shape index (κ2) is 6.07. The molecule has 1 aliphatic heterocycles. The van der Waals surface area contributed by atoms with E-state index in [0.717, 1.165) is 16.8 Å². The Morgan fingerprint density at radius 3 is 2.62 bits per heavy atom. The van der Waals surface area contributed by atoms with E-state index in [9.17, 15) is 14.7 Å². The van der Waals surface area contributed by atoms with Gasteiger partial charge in [0.1, 0.15) is 11.9 Å². The molecule has 0 spiro atoms. The third-order valence-electron chi connectivity index (χ3n) is 4.97. The van der Waals surface area contributed by atoms with Crippen LogP contribution in [-0.2, 0) is 11.8 Å². The fourth-order valence-electron chi connectivity index (χ4n) is 3.34. The van der Waals surface area contributed by atoms with Gasteiger partial charge in [0.15, 0.2) is 0 Å². The number of carbonyl (C=O) groups is 1. The molecule has 1 fully saturated rings. The molecular formula is C20H19N3O3. The largest absolute Gasteiger partial charge is 0.383 e. The normalized spacial score (nSPS) is 17.3. The quantitative estimate of drug-likeness (QED) is 0.768. The molecule has 1 saturated heterocycles. The van der Waals surface area contributed by atoms with Crippen molar-refractivity contribution in [1.82, 2.24) is 9.55 Å². The van der Waals surface area contributed by atoms with E-state index in [2.05, 4.69) is 4.98 Å². The van der Waals surface area contributed by atoms with Gasteiger partial charge in [-0.15, -0.1) is 0 Å². The van der Waals surface area contributed by atoms with Crippen LogP contribution in [0.1, 0.15) is 12.2 Å². The Hall–Kier alpha value is -2.99. The number of aliphatic hydroxyl groups is 1. The molecule has 0 saturated carbocycles. The molecule has 1 aliphatic rings. The number of aryl methyl sites for hydroxylation is 1. The number of nitrogens with zero attached hydrogens (tertiary/aromatic N) is 3. The van der Waals surface area contributed by atoms with E-state index in [-0.39, 0.29) is 11.5 Å². The van der Waals surface area contributed by atoms with E-state index in [4.69, 9.17) is 0 Å². The van der Waals surface area contributed by atoms with Gasteiger partial charge in [-0.05, 0) is 42.3 Å². The minimum atomic E-state index is -0.914. The summed E-state index contributed by atoms with van der Waals surface area (Å²) in [6.45, 7) is 2.32. The molecule has 0 aliphatic carbocycles. The topological polar surface area (TPSA) is 75.4 Å². The number of rotatable bonds is 2. The van der Waals surface area contributed by atoms with Gasteiger partial charge in [0.05, 0.1) is 10.9 Å². The van der Waals surface area contributed by atoms with E-state index < -0.39 is 6.10 Å². The SMILES string of the molecule is Cc1nc2cc(-c3cccc(N4CCC(O)C4=O)c3)ccc2c(=O)n1C. The van der Waals surface area contributed by atoms with Crippen molar-refractivity contribution in [2.45, 2.75) is 19.4 Å². The molecule has 6 nitrogen and oxygen atoms in total. The van der Waals surface area contributed by atoms with Gasteiger partial charge >= 0.3 is 0 Å². The third-order valence-corrected chi connectivity index (χ3v) is 4.97. The summed E-state index contributed by atoms with van der Waals surface area (Å²) in [6, 6.07) is 13.2. The Balaban J connectivity index is 1.79. The number of aliphatic hydroxyl groups excluding tert-OH is 1. The van der Waals surface area contributed by atoms with Crippen LogP contribution in [0.3, 0.4) is 0 Å². The summed E-state index contributed by atoms with van der Waals surface area (Å²) in [5.74, 6) is 0.395. The fourth-order valence-corrected chi connectivity index (χ4v) is 3.34. The number of anilines is 1. The number of aromatic nitrogens is 2. The second-order valence-electron chi connectivity index (χ2n) is 6.60. The molecule has 132 valence electrons. The molecule has 6 heteroatoms. The molecule has 1 aromatic heterocycles. The Morgan fingerprint density at radius 1 is 1.12 bits per heavy atom. The lowest BCUT2D eigenvalue weighted by Gasteiger charge is -2.17. The van der Waals surface area contributed by atoms with E-state index in [1.54, 1.807) is 24.9 Å². The number of hydrogen-bond acceptors (Lipinski definition) is 4. The summed E-state index contributed by atoms with van der Waals surface area (Å²) in [5.41, 5.74) is 3.20. The average Bonchev–Trinajstić information content (AvgIpc) is 2.98. The zero-order chi connectivity index (χ0) is 18.4. The van der Waals surface area contributed by atoms with E-state index in [1.165, 1.54) is 4.57 Å². The monoisotopic (exact) mass is 349 g/mol. The number of carbonyl (C=O) groups excluding carboxylic acids is 1. The van der Waals surface area contributed by atoms with Crippen LogP contribution >= 0.6 is 0 Å². The third kappa shape index (κ3) is 2.59. The van der Waals surface area contributed by atoms with E-state index in [1.807, 2.05) is 36.4 Å². The Morgan fingerprint density at radius 2 is 1.88 bits per heavy atom. The molecule has 2 aromatic carbocycles. The smallest absolute Gasteiger partial charge is 0.261 e. The average molecular weight is 349 g/mol. The van der Waals surface area contributed by atoms with Gasteiger partial charge in [-0.3, -0.25) is 14.2 Å². The van der Waals surface area contributed by atoms with Crippen molar-refractivity contribution in [2.75, 3.05) is 11.4 Å². The molecule has 0 radical (unpaired) electrons. The van der Waals surface area contributed by atoms with E-state index in [0.29, 0.717) is 29.7 Å². The number of benzene rings is 2. The predicted molar refractivity (Wildman–Crippen MR) is 100 cm³/mol. The molecule has 1 N–H and O–H groups in total. The molecule has 1 amide bonds. The van der Waals surface area contributed by atoms with Gasteiger partial charge in [0.25, 0.3) is 11.5 Å². The Bertz CT molecular complexity index is 1090. The van der Waals surface area contributed by atoms with Crippen molar-refractivity contribution >= 4 is 22.5 Å². The van der Waals surface area contributed by atoms with Gasteiger partial charge in [0, 0.05) is 25.7 Å². The maximum atomic E-state index is 12.3. The fraction of sp³-hybridized carbons (Fsp3) is 0.250. The lowest BCUT2D eigenvalue weighted by molar-refractivity contribution is -0.123. The Labute approximate surface area is 150 Å². The zero-order valence-electron chi connectivity index (χ0n) is 14.6. The van der Waals surface area contributed by atoms with Crippen LogP contribution in [0.5, 0.6) is 0 Å². The summed E-state index contributed by atoms with van der Waals surface area (Å²) in [7, 11) is 1.71. The molecule has 2 heterocycles. The molecule has 4 rings (SSSR count). The molecule has 1 unspecified atom stereocenters. The summed E-state index contributed by atoms with van der Waals surface area (Å²) in [4.78, 5) is 30.5. The highest BCUT2D eigenvalue weighted by Gasteiger charge is 2.30. The van der Waals surface area contributed by atoms with Gasteiger partial charge in [-0.2, -0.15) is 0 Å². The zero-order valence-corrected chi connectivity index (χ0v) is 14.6. The minimum absolute atomic E-state index is 0.0653. The summed E-state index contributed by atoms with van der Waals surface area (Å²) in [6.07, 6.45) is -0.464. The molecule has 26 heavy (non-hydrogen) atoms. The first-order chi connectivity index (χ1) is 12.5. The number of amides is 1. The van der Waals surface area contributed by atoms with Gasteiger partial charge < -0.3 is 10.0 Å². The van der Waals surface area contributed by atoms with Crippen molar-refractivity contribution in [1.29, 1.82) is 0 Å². The first-order valence-corrected chi connectivity index (χ1v) is 8.53. The van der Waals surface area contributed by atoms with Crippen LogP contribution in [0, 0.1) is 6.92 Å². The summed E-state index contributed by atoms with van der Waals surface area (Å²) < 4.78 is 1.53. The highest BCUT2D eigenvalue weighted by atomic mass is 16.3. The number of fused-ring (bicyclic) bond motifs is 1. The maximum Gasteiger partial charge on any atom is 0.261 e. The minimum Gasteiger partial charge on any atom is -0.383 e. The molecule has 1 atom stereocenters. The standard InChI is InChI=1S/C20H19N3O3/c1-12-21-17-11-14(6-7-16(17)19(25)22(12)2)13-4-3-5-15(10-13)23-9-8-18(24)20(23)26/h3-7,10-11,18,24H,8-9H2,1-2H3. The van der Waals surface area contributed by atoms with Crippen LogP contribution in [0.15, 0.2) is 47.3 Å². The van der Waals surface area contributed by atoms with Crippen molar-refractivity contribution in [2.24, 2.45) is 7.05 Å². The first-order valence-electron chi connectivity index (χ1n) is 8.53. The highest BCUT2D eigenvalue weighted by Crippen LogP contribution is 2.28. The van der Waals surface area contributed by atoms with Crippen LogP contribution in [0.25, 0.3) is 22.0 Å². The molecule has 3 aromatic rings. The van der Waals surface area contributed by atoms with Crippen LogP contribution in [0.2, 0.25) is 0 Å². The van der Waals surface area contributed by atoms with Gasteiger partial charge in [-0.1, -0.05) is 18.2 Å². The summed E-state index contributed by atoms with van der Waals surface area (Å²) >= 11 is 0.